The number of halogens is 2. The van der Waals surface area contributed by atoms with E-state index < -0.39 is 27.2 Å². The average Bonchev–Trinajstić information content (AvgIpc) is 2.79. The summed E-state index contributed by atoms with van der Waals surface area (Å²) in [6.45, 7) is -3.02. The highest BCUT2D eigenvalue weighted by molar-refractivity contribution is 7.92. The van der Waals surface area contributed by atoms with Crippen molar-refractivity contribution < 1.29 is 26.9 Å². The first kappa shape index (κ1) is 22.8. The van der Waals surface area contributed by atoms with E-state index in [1.807, 2.05) is 0 Å². The number of alkyl halides is 2. The molecule has 174 valence electrons. The van der Waals surface area contributed by atoms with Crippen molar-refractivity contribution in [2.45, 2.75) is 11.5 Å². The van der Waals surface area contributed by atoms with Crippen molar-refractivity contribution in [2.75, 3.05) is 10.0 Å². The summed E-state index contributed by atoms with van der Waals surface area (Å²) in [5.41, 5.74) is 0.683. The molecule has 34 heavy (non-hydrogen) atoms. The molecule has 0 bridgehead atoms. The third-order valence-corrected chi connectivity index (χ3v) is 5.80. The Hall–Kier alpha value is -4.39. The summed E-state index contributed by atoms with van der Waals surface area (Å²) in [5.74, 6) is -0.347. The van der Waals surface area contributed by atoms with Crippen molar-refractivity contribution in [3.63, 3.8) is 0 Å². The lowest BCUT2D eigenvalue weighted by atomic mass is 10.3. The number of benzene rings is 3. The molecule has 0 unspecified atom stereocenters. The maximum Gasteiger partial charge on any atom is 0.387 e. The van der Waals surface area contributed by atoms with E-state index in [1.54, 1.807) is 24.3 Å². The summed E-state index contributed by atoms with van der Waals surface area (Å²) in [6.07, 6.45) is 0. The Morgan fingerprint density at radius 2 is 1.59 bits per heavy atom. The van der Waals surface area contributed by atoms with Gasteiger partial charge < -0.3 is 10.1 Å². The summed E-state index contributed by atoms with van der Waals surface area (Å²) in [7, 11) is -4.30. The van der Waals surface area contributed by atoms with Gasteiger partial charge in [0.15, 0.2) is 11.6 Å². The predicted molar refractivity (Wildman–Crippen MR) is 120 cm³/mol. The fourth-order valence-electron chi connectivity index (χ4n) is 3.00. The van der Waals surface area contributed by atoms with E-state index in [9.17, 15) is 27.3 Å². The molecule has 1 heterocycles. The number of anilines is 3. The van der Waals surface area contributed by atoms with Crippen LogP contribution < -0.4 is 14.8 Å². The minimum Gasteiger partial charge on any atom is -0.435 e. The topological polar surface area (TPSA) is 136 Å². The van der Waals surface area contributed by atoms with Crippen LogP contribution in [0.4, 0.5) is 31.8 Å². The zero-order valence-corrected chi connectivity index (χ0v) is 17.9. The lowest BCUT2D eigenvalue weighted by Gasteiger charge is -2.14. The van der Waals surface area contributed by atoms with Crippen molar-refractivity contribution in [3.8, 4) is 5.75 Å². The van der Waals surface area contributed by atoms with E-state index in [2.05, 4.69) is 24.7 Å². The van der Waals surface area contributed by atoms with E-state index in [-0.39, 0.29) is 28.0 Å². The van der Waals surface area contributed by atoms with E-state index >= 15 is 0 Å². The molecule has 0 atom stereocenters. The largest absolute Gasteiger partial charge is 0.435 e. The summed E-state index contributed by atoms with van der Waals surface area (Å²) in [4.78, 5) is 18.7. The maximum atomic E-state index is 13.0. The molecule has 0 fully saturated rings. The van der Waals surface area contributed by atoms with E-state index in [0.717, 1.165) is 12.1 Å². The quantitative estimate of drug-likeness (QED) is 0.270. The SMILES string of the molecule is O=[N+]([O-])c1cccc(S(=O)(=O)Nc2nc3ccccc3nc2Nc2cccc(OC(F)F)c2)c1. The highest BCUT2D eigenvalue weighted by Gasteiger charge is 2.21. The molecule has 0 aliphatic heterocycles. The van der Waals surface area contributed by atoms with Crippen LogP contribution in [0.15, 0.2) is 77.7 Å². The maximum absolute atomic E-state index is 13.0. The van der Waals surface area contributed by atoms with Crippen LogP contribution in [0.5, 0.6) is 5.75 Å². The monoisotopic (exact) mass is 487 g/mol. The Morgan fingerprint density at radius 1 is 0.912 bits per heavy atom. The molecular formula is C21H15F2N5O5S. The second-order valence-electron chi connectivity index (χ2n) is 6.80. The second-order valence-corrected chi connectivity index (χ2v) is 8.48. The summed E-state index contributed by atoms with van der Waals surface area (Å²) in [5, 5.41) is 13.9. The van der Waals surface area contributed by atoms with Crippen LogP contribution in [0.2, 0.25) is 0 Å². The number of non-ortho nitro benzene ring substituents is 1. The van der Waals surface area contributed by atoms with Crippen LogP contribution >= 0.6 is 0 Å². The molecule has 0 radical (unpaired) electrons. The number of ether oxygens (including phenoxy) is 1. The zero-order chi connectivity index (χ0) is 24.3. The van der Waals surface area contributed by atoms with Gasteiger partial charge in [0.05, 0.1) is 20.9 Å². The van der Waals surface area contributed by atoms with Crippen molar-refractivity contribution >= 4 is 44.1 Å². The fourth-order valence-corrected chi connectivity index (χ4v) is 4.04. The molecule has 0 spiro atoms. The third-order valence-electron chi connectivity index (χ3n) is 4.46. The van der Waals surface area contributed by atoms with Crippen LogP contribution in [-0.4, -0.2) is 29.9 Å². The molecule has 1 aromatic heterocycles. The number of nitro groups is 1. The van der Waals surface area contributed by atoms with Crippen LogP contribution in [0.1, 0.15) is 0 Å². The number of para-hydroxylation sites is 2. The molecule has 10 nitrogen and oxygen atoms in total. The fraction of sp³-hybridized carbons (Fsp3) is 0.0476. The number of nitro benzene ring substituents is 1. The first-order valence-electron chi connectivity index (χ1n) is 9.57. The third kappa shape index (κ3) is 5.15. The highest BCUT2D eigenvalue weighted by atomic mass is 32.2. The minimum absolute atomic E-state index is 0.0260. The number of rotatable bonds is 8. The Labute approximate surface area is 191 Å². The Balaban J connectivity index is 1.74. The number of sulfonamides is 1. The number of fused-ring (bicyclic) bond motifs is 1. The molecule has 13 heteroatoms. The van der Waals surface area contributed by atoms with Gasteiger partial charge in [0, 0.05) is 23.9 Å². The number of aromatic nitrogens is 2. The second kappa shape index (κ2) is 9.23. The van der Waals surface area contributed by atoms with Crippen LogP contribution in [0, 0.1) is 10.1 Å². The standard InChI is InChI=1S/C21H15F2N5O5S/c22-21(23)33-15-7-3-5-13(11-15)24-19-20(26-18-10-2-1-9-17(18)25-19)27-34(31,32)16-8-4-6-14(12-16)28(29)30/h1-12,21H,(H,24,25)(H,26,27). The van der Waals surface area contributed by atoms with Gasteiger partial charge in [-0.1, -0.05) is 24.3 Å². The summed E-state index contributed by atoms with van der Waals surface area (Å²) in [6, 6.07) is 16.8. The Kier molecular flexibility index (Phi) is 6.19. The molecule has 0 saturated heterocycles. The Morgan fingerprint density at radius 3 is 2.26 bits per heavy atom. The predicted octanol–water partition coefficient (Wildman–Crippen LogP) is 4.68. The van der Waals surface area contributed by atoms with Crippen molar-refractivity contribution in [1.82, 2.24) is 9.97 Å². The van der Waals surface area contributed by atoms with Gasteiger partial charge in [0.1, 0.15) is 5.75 Å². The van der Waals surface area contributed by atoms with Gasteiger partial charge in [0.25, 0.3) is 15.7 Å². The van der Waals surface area contributed by atoms with Crippen molar-refractivity contribution in [2.24, 2.45) is 0 Å². The molecule has 2 N–H and O–H groups in total. The van der Waals surface area contributed by atoms with Gasteiger partial charge in [0.2, 0.25) is 0 Å². The van der Waals surface area contributed by atoms with Crippen molar-refractivity contribution in [3.05, 3.63) is 82.9 Å². The molecular weight excluding hydrogens is 472 g/mol. The highest BCUT2D eigenvalue weighted by Crippen LogP contribution is 2.29. The number of nitrogens with zero attached hydrogens (tertiary/aromatic N) is 3. The first-order chi connectivity index (χ1) is 16.2. The molecule has 0 amide bonds. The zero-order valence-electron chi connectivity index (χ0n) is 17.1. The van der Waals surface area contributed by atoms with Gasteiger partial charge in [-0.2, -0.15) is 8.78 Å². The molecule has 4 rings (SSSR count). The van der Waals surface area contributed by atoms with Crippen molar-refractivity contribution in [1.29, 1.82) is 0 Å². The van der Waals surface area contributed by atoms with E-state index in [4.69, 9.17) is 0 Å². The molecule has 4 aromatic rings. The van der Waals surface area contributed by atoms with Crippen LogP contribution in [-0.2, 0) is 10.0 Å². The molecule has 0 aliphatic rings. The van der Waals surface area contributed by atoms with Gasteiger partial charge in [-0.05, 0) is 30.3 Å². The lowest BCUT2D eigenvalue weighted by Crippen LogP contribution is -2.16. The van der Waals surface area contributed by atoms with E-state index in [1.165, 1.54) is 36.4 Å². The lowest BCUT2D eigenvalue weighted by molar-refractivity contribution is -0.385. The number of hydrogen-bond acceptors (Lipinski definition) is 8. The Bertz CT molecular complexity index is 1480. The van der Waals surface area contributed by atoms with Gasteiger partial charge in [-0.25, -0.2) is 18.4 Å². The minimum atomic E-state index is -4.30. The van der Waals surface area contributed by atoms with Crippen LogP contribution in [0.25, 0.3) is 11.0 Å². The van der Waals surface area contributed by atoms with Gasteiger partial charge in [-0.15, -0.1) is 0 Å². The smallest absolute Gasteiger partial charge is 0.387 e. The summed E-state index contributed by atoms with van der Waals surface area (Å²) < 4.78 is 57.7. The first-order valence-corrected chi connectivity index (χ1v) is 11.1. The molecule has 0 aliphatic carbocycles. The van der Waals surface area contributed by atoms with E-state index in [0.29, 0.717) is 11.0 Å². The molecule has 0 saturated carbocycles. The average molecular weight is 487 g/mol. The number of nitrogens with one attached hydrogen (secondary N) is 2. The summed E-state index contributed by atoms with van der Waals surface area (Å²) >= 11 is 0. The molecule has 3 aromatic carbocycles. The normalized spacial score (nSPS) is 11.4. The van der Waals surface area contributed by atoms with Gasteiger partial charge >= 0.3 is 6.61 Å². The van der Waals surface area contributed by atoms with Gasteiger partial charge in [-0.3, -0.25) is 14.8 Å². The number of hydrogen-bond donors (Lipinski definition) is 2. The van der Waals surface area contributed by atoms with Crippen LogP contribution in [0.3, 0.4) is 0 Å².